The van der Waals surface area contributed by atoms with Crippen molar-refractivity contribution < 1.29 is 19.1 Å². The van der Waals surface area contributed by atoms with Gasteiger partial charge in [0, 0.05) is 18.1 Å². The topological polar surface area (TPSA) is 65.5 Å². The van der Waals surface area contributed by atoms with Gasteiger partial charge in [-0.15, -0.1) is 0 Å². The molecule has 190 valence electrons. The lowest BCUT2D eigenvalue weighted by Gasteiger charge is -2.12. The lowest BCUT2D eigenvalue weighted by atomic mass is 10.0. The Morgan fingerprint density at radius 3 is 2.31 bits per heavy atom. The average Bonchev–Trinajstić information content (AvgIpc) is 2.87. The molecule has 0 spiro atoms. The predicted octanol–water partition coefficient (Wildman–Crippen LogP) is 7.63. The van der Waals surface area contributed by atoms with E-state index in [9.17, 15) is 9.59 Å². The first-order valence-electron chi connectivity index (χ1n) is 13.1. The molecular weight excluding hydrogens is 438 g/mol. The third-order valence-electron chi connectivity index (χ3n) is 5.89. The summed E-state index contributed by atoms with van der Waals surface area (Å²) in [6.45, 7) is 5.95. The first kappa shape index (κ1) is 28.3. The number of rotatable bonds is 16. The highest BCUT2D eigenvalue weighted by Gasteiger charge is 2.08. The summed E-state index contributed by atoms with van der Waals surface area (Å²) in [6, 6.07) is 11.8. The molecule has 0 radical (unpaired) electrons. The van der Waals surface area contributed by atoms with Gasteiger partial charge in [-0.1, -0.05) is 82.7 Å². The molecule has 0 aliphatic heterocycles. The van der Waals surface area contributed by atoms with E-state index in [1.54, 1.807) is 19.2 Å². The van der Waals surface area contributed by atoms with Gasteiger partial charge in [-0.05, 0) is 50.3 Å². The predicted molar refractivity (Wildman–Crippen MR) is 141 cm³/mol. The number of carbonyl (C=O) groups excluding carboxylic acids is 2. The second-order valence-electron chi connectivity index (χ2n) is 9.00. The van der Waals surface area contributed by atoms with E-state index in [2.05, 4.69) is 24.0 Å². The van der Waals surface area contributed by atoms with Gasteiger partial charge in [0.25, 0.3) is 0 Å². The van der Waals surface area contributed by atoms with E-state index in [0.717, 1.165) is 36.9 Å². The maximum absolute atomic E-state index is 12.0. The van der Waals surface area contributed by atoms with E-state index in [-0.39, 0.29) is 18.0 Å². The molecule has 0 saturated carbocycles. The second-order valence-corrected chi connectivity index (χ2v) is 9.00. The molecule has 0 aliphatic rings. The first-order valence-corrected chi connectivity index (χ1v) is 13.1. The van der Waals surface area contributed by atoms with Crippen molar-refractivity contribution in [2.24, 2.45) is 0 Å². The molecule has 5 nitrogen and oxygen atoms in total. The number of esters is 2. The van der Waals surface area contributed by atoms with Crippen molar-refractivity contribution in [1.29, 1.82) is 0 Å². The molecule has 0 bridgehead atoms. The molecule has 5 heteroatoms. The molecule has 1 atom stereocenters. The van der Waals surface area contributed by atoms with E-state index in [1.807, 2.05) is 31.2 Å². The van der Waals surface area contributed by atoms with Crippen molar-refractivity contribution in [1.82, 2.24) is 4.98 Å². The summed E-state index contributed by atoms with van der Waals surface area (Å²) >= 11 is 0. The largest absolute Gasteiger partial charge is 0.463 e. The van der Waals surface area contributed by atoms with Gasteiger partial charge in [0.05, 0.1) is 18.0 Å². The highest BCUT2D eigenvalue weighted by molar-refractivity contribution is 5.84. The van der Waals surface area contributed by atoms with Gasteiger partial charge in [0.2, 0.25) is 0 Å². The standard InChI is InChI=1S/C30H41NO4/c1-4-6-7-8-9-10-11-12-13-14-30(33)35-27-21-22-28(31-23-27)26-19-17-25(18-20-26)16-15-24(3)34-29(32)5-2/h13-14,17-24H,4-12,15-16H2,1-3H3. The lowest BCUT2D eigenvalue weighted by Crippen LogP contribution is -2.14. The maximum Gasteiger partial charge on any atom is 0.335 e. The van der Waals surface area contributed by atoms with Gasteiger partial charge in [0.15, 0.2) is 0 Å². The summed E-state index contributed by atoms with van der Waals surface area (Å²) in [4.78, 5) is 27.8. The van der Waals surface area contributed by atoms with E-state index in [1.165, 1.54) is 50.2 Å². The average molecular weight is 480 g/mol. The molecule has 0 amide bonds. The number of aryl methyl sites for hydroxylation is 1. The Morgan fingerprint density at radius 1 is 0.943 bits per heavy atom. The smallest absolute Gasteiger partial charge is 0.335 e. The van der Waals surface area contributed by atoms with Crippen molar-refractivity contribution in [2.75, 3.05) is 0 Å². The number of allylic oxidation sites excluding steroid dienone is 1. The van der Waals surface area contributed by atoms with Crippen LogP contribution in [0, 0.1) is 0 Å². The molecule has 1 unspecified atom stereocenters. The van der Waals surface area contributed by atoms with Crippen LogP contribution < -0.4 is 4.74 Å². The Morgan fingerprint density at radius 2 is 1.66 bits per heavy atom. The van der Waals surface area contributed by atoms with Gasteiger partial charge in [-0.3, -0.25) is 9.78 Å². The molecule has 1 aromatic heterocycles. The maximum atomic E-state index is 12.0. The molecule has 0 aliphatic carbocycles. The van der Waals surface area contributed by atoms with Crippen LogP contribution in [0.5, 0.6) is 5.75 Å². The van der Waals surface area contributed by atoms with Crippen LogP contribution in [0.15, 0.2) is 54.7 Å². The van der Waals surface area contributed by atoms with Crippen LogP contribution in [0.25, 0.3) is 11.3 Å². The van der Waals surface area contributed by atoms with Gasteiger partial charge in [-0.25, -0.2) is 4.79 Å². The highest BCUT2D eigenvalue weighted by atomic mass is 16.5. The Bertz CT molecular complexity index is 903. The number of hydrogen-bond acceptors (Lipinski definition) is 5. The fourth-order valence-corrected chi connectivity index (χ4v) is 3.74. The zero-order valence-corrected chi connectivity index (χ0v) is 21.6. The molecule has 0 N–H and O–H groups in total. The van der Waals surface area contributed by atoms with E-state index in [4.69, 9.17) is 9.47 Å². The van der Waals surface area contributed by atoms with Gasteiger partial charge >= 0.3 is 11.9 Å². The Labute approximate surface area is 211 Å². The van der Waals surface area contributed by atoms with Gasteiger partial charge < -0.3 is 9.47 Å². The minimum Gasteiger partial charge on any atom is -0.463 e. The summed E-state index contributed by atoms with van der Waals surface area (Å²) in [5.74, 6) is -0.0928. The molecule has 2 aromatic rings. The quantitative estimate of drug-likeness (QED) is 0.141. The van der Waals surface area contributed by atoms with Crippen molar-refractivity contribution in [3.05, 3.63) is 60.3 Å². The van der Waals surface area contributed by atoms with Crippen LogP contribution in [0.4, 0.5) is 0 Å². The Balaban J connectivity index is 1.72. The number of hydrogen-bond donors (Lipinski definition) is 0. The van der Waals surface area contributed by atoms with Crippen LogP contribution in [0.2, 0.25) is 0 Å². The van der Waals surface area contributed by atoms with Crippen LogP contribution in [-0.4, -0.2) is 23.0 Å². The molecule has 0 saturated heterocycles. The molecule has 1 heterocycles. The van der Waals surface area contributed by atoms with E-state index < -0.39 is 0 Å². The Kier molecular flexibility index (Phi) is 13.4. The molecular formula is C30H41NO4. The van der Waals surface area contributed by atoms with E-state index in [0.29, 0.717) is 12.2 Å². The summed E-state index contributed by atoms with van der Waals surface area (Å²) in [5, 5.41) is 0. The minimum absolute atomic E-state index is 0.0887. The number of ether oxygens (including phenoxy) is 2. The zero-order valence-electron chi connectivity index (χ0n) is 21.6. The third-order valence-corrected chi connectivity index (χ3v) is 5.89. The van der Waals surface area contributed by atoms with E-state index >= 15 is 0 Å². The van der Waals surface area contributed by atoms with Crippen molar-refractivity contribution in [3.63, 3.8) is 0 Å². The highest BCUT2D eigenvalue weighted by Crippen LogP contribution is 2.21. The summed E-state index contributed by atoms with van der Waals surface area (Å²) in [7, 11) is 0. The third kappa shape index (κ3) is 11.8. The minimum atomic E-state index is -0.370. The molecule has 0 fully saturated rings. The first-order chi connectivity index (χ1) is 17.0. The fraction of sp³-hybridized carbons (Fsp3) is 0.500. The zero-order chi connectivity index (χ0) is 25.3. The second kappa shape index (κ2) is 16.6. The van der Waals surface area contributed by atoms with Crippen LogP contribution in [-0.2, 0) is 20.7 Å². The van der Waals surface area contributed by atoms with Crippen molar-refractivity contribution in [3.8, 4) is 17.0 Å². The van der Waals surface area contributed by atoms with Crippen LogP contribution in [0.3, 0.4) is 0 Å². The number of nitrogens with zero attached hydrogens (tertiary/aromatic N) is 1. The number of unbranched alkanes of at least 4 members (excludes halogenated alkanes) is 7. The number of benzene rings is 1. The fourth-order valence-electron chi connectivity index (χ4n) is 3.74. The SMILES string of the molecule is CCCCCCCCCC=CC(=O)Oc1ccc(-c2ccc(CCC(C)OC(=O)CC)cc2)nc1. The van der Waals surface area contributed by atoms with Crippen LogP contribution in [0.1, 0.15) is 90.5 Å². The molecule has 35 heavy (non-hydrogen) atoms. The lowest BCUT2D eigenvalue weighted by molar-refractivity contribution is -0.148. The van der Waals surface area contributed by atoms with Crippen LogP contribution >= 0.6 is 0 Å². The normalized spacial score (nSPS) is 12.0. The monoisotopic (exact) mass is 479 g/mol. The summed E-state index contributed by atoms with van der Waals surface area (Å²) in [6.07, 6.45) is 16.7. The summed E-state index contributed by atoms with van der Waals surface area (Å²) in [5.41, 5.74) is 2.99. The number of aromatic nitrogens is 1. The molecule has 2 rings (SSSR count). The number of carbonyl (C=O) groups is 2. The molecule has 1 aromatic carbocycles. The van der Waals surface area contributed by atoms with Gasteiger partial charge in [0.1, 0.15) is 5.75 Å². The van der Waals surface area contributed by atoms with Gasteiger partial charge in [-0.2, -0.15) is 0 Å². The van der Waals surface area contributed by atoms with Crippen molar-refractivity contribution >= 4 is 11.9 Å². The van der Waals surface area contributed by atoms with Crippen molar-refractivity contribution in [2.45, 2.75) is 97.5 Å². The summed E-state index contributed by atoms with van der Waals surface area (Å²) < 4.78 is 10.7. The number of pyridine rings is 1. The Hall–Kier alpha value is -2.95.